The predicted octanol–water partition coefficient (Wildman–Crippen LogP) is 6.98. The zero-order valence-electron chi connectivity index (χ0n) is 32.8. The van der Waals surface area contributed by atoms with E-state index in [-0.39, 0.29) is 54.2 Å². The van der Waals surface area contributed by atoms with Crippen LogP contribution in [0, 0.1) is 5.41 Å². The summed E-state index contributed by atoms with van der Waals surface area (Å²) in [5, 5.41) is 2.67. The van der Waals surface area contributed by atoms with E-state index in [1.54, 1.807) is 9.80 Å². The maximum Gasteiger partial charge on any atom is 0.418 e. The van der Waals surface area contributed by atoms with E-state index < -0.39 is 40.9 Å². The molecule has 1 atom stereocenters. The average Bonchev–Trinajstić information content (AvgIpc) is 3.36. The molecule has 12 nitrogen and oxygen atoms in total. The summed E-state index contributed by atoms with van der Waals surface area (Å²) in [6.45, 7) is 7.69. The fraction of sp³-hybridized carbons (Fsp3) is 0.610. The van der Waals surface area contributed by atoms with Crippen LogP contribution < -0.4 is 11.1 Å². The number of piperidine rings is 3. The van der Waals surface area contributed by atoms with Crippen LogP contribution in [0.3, 0.4) is 0 Å². The Morgan fingerprint density at radius 2 is 1.61 bits per heavy atom. The minimum absolute atomic E-state index is 0.0547. The maximum atomic E-state index is 14.2. The summed E-state index contributed by atoms with van der Waals surface area (Å²) in [7, 11) is 0. The lowest BCUT2D eigenvalue weighted by Gasteiger charge is -2.44. The highest BCUT2D eigenvalue weighted by atomic mass is 35.5. The Bertz CT molecular complexity index is 1770. The molecule has 3 saturated heterocycles. The van der Waals surface area contributed by atoms with Crippen molar-refractivity contribution >= 4 is 47.0 Å². The largest absolute Gasteiger partial charge is 0.465 e. The molecule has 3 N–H and O–H groups in total. The summed E-state index contributed by atoms with van der Waals surface area (Å²) in [5.41, 5.74) is 5.30. The number of hydrogen-bond donors (Lipinski definition) is 2. The molecule has 0 radical (unpaired) electrons. The first-order valence-electron chi connectivity index (χ1n) is 20.1. The molecular weight excluding hydrogens is 765 g/mol. The van der Waals surface area contributed by atoms with Crippen LogP contribution in [-0.2, 0) is 38.1 Å². The van der Waals surface area contributed by atoms with E-state index >= 15 is 0 Å². The second-order valence-electron chi connectivity index (χ2n) is 16.0. The quantitative estimate of drug-likeness (QED) is 0.149. The van der Waals surface area contributed by atoms with Crippen LogP contribution in [0.1, 0.15) is 81.9 Å². The summed E-state index contributed by atoms with van der Waals surface area (Å²) in [6.07, 6.45) is -1.19. The van der Waals surface area contributed by atoms with Crippen LogP contribution in [-0.4, -0.2) is 114 Å². The fourth-order valence-corrected chi connectivity index (χ4v) is 8.68. The van der Waals surface area contributed by atoms with Gasteiger partial charge in [0.25, 0.3) is 5.91 Å². The van der Waals surface area contributed by atoms with E-state index in [0.717, 1.165) is 43.2 Å². The van der Waals surface area contributed by atoms with Gasteiger partial charge in [-0.1, -0.05) is 43.1 Å². The summed E-state index contributed by atoms with van der Waals surface area (Å²) in [5.74, 6) is -0.651. The maximum absolute atomic E-state index is 14.2. The van der Waals surface area contributed by atoms with Gasteiger partial charge in [-0.3, -0.25) is 9.59 Å². The van der Waals surface area contributed by atoms with E-state index in [9.17, 15) is 32.3 Å². The number of ether oxygens (including phenoxy) is 2. The molecule has 4 aliphatic rings. The lowest BCUT2D eigenvalue weighted by molar-refractivity contribution is -0.158. The molecule has 0 bridgehead atoms. The molecule has 57 heavy (non-hydrogen) atoms. The number of fused-ring (bicyclic) bond motifs is 1. The fourth-order valence-electron chi connectivity index (χ4n) is 8.44. The van der Waals surface area contributed by atoms with Crippen molar-refractivity contribution in [3.05, 3.63) is 58.1 Å². The Morgan fingerprint density at radius 1 is 0.965 bits per heavy atom. The van der Waals surface area contributed by atoms with Crippen molar-refractivity contribution in [1.82, 2.24) is 19.6 Å². The van der Waals surface area contributed by atoms with Gasteiger partial charge in [0.2, 0.25) is 0 Å². The van der Waals surface area contributed by atoms with Gasteiger partial charge in [-0.2, -0.15) is 13.2 Å². The number of hydrogen-bond acceptors (Lipinski definition) is 8. The molecule has 0 aromatic heterocycles. The monoisotopic (exact) mass is 818 g/mol. The van der Waals surface area contributed by atoms with Gasteiger partial charge in [-0.25, -0.2) is 9.59 Å². The Hall–Kier alpha value is -4.24. The van der Waals surface area contributed by atoms with Gasteiger partial charge in [0.05, 0.1) is 28.3 Å². The minimum atomic E-state index is -4.79. The molecule has 0 saturated carbocycles. The van der Waals surface area contributed by atoms with E-state index in [2.05, 4.69) is 10.2 Å². The van der Waals surface area contributed by atoms with Crippen molar-refractivity contribution in [3.63, 3.8) is 0 Å². The summed E-state index contributed by atoms with van der Waals surface area (Å²) < 4.78 is 53.1. The molecule has 312 valence electrons. The highest BCUT2D eigenvalue weighted by Gasteiger charge is 2.42. The molecule has 0 spiro atoms. The molecule has 0 aliphatic carbocycles. The number of benzene rings is 2. The topological polar surface area (TPSA) is 138 Å². The zero-order chi connectivity index (χ0) is 40.9. The van der Waals surface area contributed by atoms with Crippen molar-refractivity contribution in [2.75, 3.05) is 63.5 Å². The second kappa shape index (κ2) is 18.1. The highest BCUT2D eigenvalue weighted by Crippen LogP contribution is 2.39. The molecule has 3 fully saturated rings. The Balaban J connectivity index is 1.09. The number of likely N-dealkylation sites (tertiary alicyclic amines) is 3. The number of nitrogens with one attached hydrogen (secondary N) is 1. The van der Waals surface area contributed by atoms with Crippen LogP contribution in [0.5, 0.6) is 0 Å². The molecule has 16 heteroatoms. The number of nitrogens with zero attached hydrogens (tertiary/aromatic N) is 4. The van der Waals surface area contributed by atoms with Gasteiger partial charge in [-0.15, -0.1) is 0 Å². The average molecular weight is 819 g/mol. The van der Waals surface area contributed by atoms with Crippen LogP contribution >= 0.6 is 11.6 Å². The number of anilines is 2. The highest BCUT2D eigenvalue weighted by molar-refractivity contribution is 6.33. The smallest absolute Gasteiger partial charge is 0.418 e. The first-order valence-corrected chi connectivity index (χ1v) is 20.5. The number of para-hydroxylation sites is 1. The van der Waals surface area contributed by atoms with Crippen LogP contribution in [0.15, 0.2) is 36.4 Å². The standard InChI is InChI=1S/C41H54ClF3N6O6/c1-3-4-23-56-37(53)40(2)14-21-48(22-15-40)29-10-16-49(17-11-29)36(52)34(26-27-24-31(41(43,44)45)35(46)32(42)25-27)57-39(55)50-18-12-30(13-19-50)51-20-9-28-7-5-6-8-33(28)47-38(51)54/h5-8,24-25,29-30,34H,3-4,9-23,26,46H2,1-2H3,(H,47,54)/t34-/m1/s1. The molecular formula is C41H54ClF3N6O6. The third kappa shape index (κ3) is 10.1. The number of rotatable bonds is 10. The number of amides is 4. The summed E-state index contributed by atoms with van der Waals surface area (Å²) in [6, 6.07) is 9.65. The van der Waals surface area contributed by atoms with Gasteiger partial charge in [0.1, 0.15) is 0 Å². The van der Waals surface area contributed by atoms with Gasteiger partial charge in [0.15, 0.2) is 6.10 Å². The molecule has 2 aromatic rings. The van der Waals surface area contributed by atoms with Gasteiger partial charge in [0, 0.05) is 56.9 Å². The van der Waals surface area contributed by atoms with Crippen molar-refractivity contribution in [3.8, 4) is 0 Å². The lowest BCUT2D eigenvalue weighted by atomic mass is 9.79. The predicted molar refractivity (Wildman–Crippen MR) is 210 cm³/mol. The summed E-state index contributed by atoms with van der Waals surface area (Å²) in [4.78, 5) is 61.0. The van der Waals surface area contributed by atoms with Crippen LogP contribution in [0.2, 0.25) is 5.02 Å². The number of urea groups is 1. The van der Waals surface area contributed by atoms with E-state index in [4.69, 9.17) is 26.8 Å². The van der Waals surface area contributed by atoms with Crippen molar-refractivity contribution in [2.45, 2.75) is 102 Å². The van der Waals surface area contributed by atoms with Crippen LogP contribution in [0.4, 0.5) is 34.1 Å². The minimum Gasteiger partial charge on any atom is -0.465 e. The molecule has 2 aromatic carbocycles. The van der Waals surface area contributed by atoms with Gasteiger partial charge >= 0.3 is 24.3 Å². The van der Waals surface area contributed by atoms with E-state index in [1.807, 2.05) is 38.1 Å². The Labute approximate surface area is 337 Å². The number of alkyl halides is 3. The summed E-state index contributed by atoms with van der Waals surface area (Å²) >= 11 is 6.14. The Morgan fingerprint density at radius 3 is 2.28 bits per heavy atom. The number of nitrogen functional groups attached to an aromatic ring is 1. The number of carbonyl (C=O) groups excluding carboxylic acids is 4. The van der Waals surface area contributed by atoms with Gasteiger partial charge in [-0.05, 0) is 101 Å². The zero-order valence-corrected chi connectivity index (χ0v) is 33.5. The van der Waals surface area contributed by atoms with Crippen molar-refractivity contribution in [2.24, 2.45) is 5.41 Å². The lowest BCUT2D eigenvalue weighted by Crippen LogP contribution is -2.54. The number of nitrogens with two attached hydrogens (primary N) is 1. The first-order chi connectivity index (χ1) is 27.2. The second-order valence-corrected chi connectivity index (χ2v) is 16.4. The van der Waals surface area contributed by atoms with Crippen molar-refractivity contribution in [1.29, 1.82) is 0 Å². The molecule has 6 rings (SSSR count). The SMILES string of the molecule is CCCCOC(=O)C1(C)CCN(C2CCN(C(=O)[C@@H](Cc3cc(Cl)c(N)c(C(F)(F)F)c3)OC(=O)N3CCC(N4CCc5ccccc5NC4=O)CC3)CC2)CC1. The molecule has 4 aliphatic heterocycles. The third-order valence-electron chi connectivity index (χ3n) is 12.2. The Kier molecular flexibility index (Phi) is 13.5. The number of halogens is 4. The van der Waals surface area contributed by atoms with Gasteiger partial charge < -0.3 is 40.1 Å². The first kappa shape index (κ1) is 42.4. The van der Waals surface area contributed by atoms with Crippen molar-refractivity contribution < 1.29 is 41.8 Å². The number of carbonyl (C=O) groups is 4. The number of esters is 1. The molecule has 4 heterocycles. The number of unbranched alkanes of at least 4 members (excludes halogenated alkanes) is 1. The van der Waals surface area contributed by atoms with E-state index in [0.29, 0.717) is 71.2 Å². The van der Waals surface area contributed by atoms with E-state index in [1.165, 1.54) is 11.0 Å². The van der Waals surface area contributed by atoms with Crippen LogP contribution in [0.25, 0.3) is 0 Å². The third-order valence-corrected chi connectivity index (χ3v) is 12.5. The molecule has 4 amide bonds. The molecule has 0 unspecified atom stereocenters. The normalized spacial score (nSPS) is 20.3.